The van der Waals surface area contributed by atoms with E-state index in [9.17, 15) is 4.79 Å². The molecule has 3 aliphatic rings. The fourth-order valence-corrected chi connectivity index (χ4v) is 5.87. The summed E-state index contributed by atoms with van der Waals surface area (Å²) in [5.74, 6) is 3.68. The quantitative estimate of drug-likeness (QED) is 0.235. The van der Waals surface area contributed by atoms with Crippen molar-refractivity contribution in [2.75, 3.05) is 86.1 Å². The number of carbonyl (C=O) groups is 1. The number of hydrogen-bond donors (Lipinski definition) is 0. The summed E-state index contributed by atoms with van der Waals surface area (Å²) in [6, 6.07) is 0.129. The van der Waals surface area contributed by atoms with E-state index < -0.39 is 0 Å². The van der Waals surface area contributed by atoms with Crippen LogP contribution in [-0.4, -0.2) is 117 Å². The molecule has 46 heavy (non-hydrogen) atoms. The zero-order valence-corrected chi connectivity index (χ0v) is 34.6. The fourth-order valence-electron chi connectivity index (χ4n) is 5.87. The molecular formula is C40H89N5O. The number of urea groups is 1. The molecule has 0 aromatic rings. The Labute approximate surface area is 292 Å². The van der Waals surface area contributed by atoms with Crippen molar-refractivity contribution < 1.29 is 4.79 Å². The molecule has 0 radical (unpaired) electrons. The van der Waals surface area contributed by atoms with Crippen molar-refractivity contribution in [1.29, 1.82) is 0 Å². The highest BCUT2D eigenvalue weighted by molar-refractivity contribution is 5.73. The van der Waals surface area contributed by atoms with Gasteiger partial charge in [-0.25, -0.2) is 4.79 Å². The first kappa shape index (κ1) is 49.5. The van der Waals surface area contributed by atoms with Gasteiger partial charge in [-0.3, -0.25) is 0 Å². The molecule has 3 aliphatic heterocycles. The van der Waals surface area contributed by atoms with E-state index in [-0.39, 0.29) is 6.03 Å². The van der Waals surface area contributed by atoms with Crippen LogP contribution in [0, 0.1) is 23.7 Å². The Kier molecular flexibility index (Phi) is 36.6. The van der Waals surface area contributed by atoms with Gasteiger partial charge in [0.1, 0.15) is 0 Å². The summed E-state index contributed by atoms with van der Waals surface area (Å²) in [4.78, 5) is 23.2. The smallest absolute Gasteiger partial charge is 0.319 e. The zero-order chi connectivity index (χ0) is 35.9. The number of nitrogens with zero attached hydrogens (tertiary/aromatic N) is 5. The summed E-state index contributed by atoms with van der Waals surface area (Å²) in [7, 11) is 3.63. The molecule has 2 amide bonds. The van der Waals surface area contributed by atoms with Gasteiger partial charge in [-0.05, 0) is 134 Å². The summed E-state index contributed by atoms with van der Waals surface area (Å²) in [5.41, 5.74) is 0. The van der Waals surface area contributed by atoms with Crippen LogP contribution in [0.25, 0.3) is 0 Å². The molecule has 3 heterocycles. The second-order valence-corrected chi connectivity index (χ2v) is 13.9. The van der Waals surface area contributed by atoms with Crippen LogP contribution in [0.2, 0.25) is 0 Å². The fraction of sp³-hybridized carbons (Fsp3) is 0.975. The van der Waals surface area contributed by atoms with Crippen molar-refractivity contribution in [1.82, 2.24) is 24.5 Å². The van der Waals surface area contributed by atoms with Crippen LogP contribution in [0.15, 0.2) is 0 Å². The Morgan fingerprint density at radius 2 is 0.978 bits per heavy atom. The van der Waals surface area contributed by atoms with Crippen LogP contribution in [0.5, 0.6) is 0 Å². The molecule has 0 unspecified atom stereocenters. The average molecular weight is 656 g/mol. The molecular weight excluding hydrogens is 566 g/mol. The number of unbranched alkanes of at least 4 members (excludes halogenated alkanes) is 1. The molecule has 280 valence electrons. The predicted molar refractivity (Wildman–Crippen MR) is 209 cm³/mol. The summed E-state index contributed by atoms with van der Waals surface area (Å²) in [6.45, 7) is 41.3. The maximum atomic E-state index is 11.8. The van der Waals surface area contributed by atoms with Crippen LogP contribution in [0.1, 0.15) is 148 Å². The maximum Gasteiger partial charge on any atom is 0.319 e. The molecule has 0 bridgehead atoms. The van der Waals surface area contributed by atoms with Gasteiger partial charge in [-0.15, -0.1) is 0 Å². The molecule has 0 aromatic heterocycles. The van der Waals surface area contributed by atoms with E-state index in [1.807, 2.05) is 67.5 Å². The van der Waals surface area contributed by atoms with E-state index in [4.69, 9.17) is 0 Å². The van der Waals surface area contributed by atoms with Crippen molar-refractivity contribution in [2.24, 2.45) is 23.7 Å². The first-order chi connectivity index (χ1) is 22.0. The number of hydrogen-bond acceptors (Lipinski definition) is 4. The van der Waals surface area contributed by atoms with Gasteiger partial charge in [-0.1, -0.05) is 89.5 Å². The van der Waals surface area contributed by atoms with Crippen LogP contribution in [0.4, 0.5) is 4.79 Å². The first-order valence-corrected chi connectivity index (χ1v) is 20.2. The molecule has 0 aromatic carbocycles. The average Bonchev–Trinajstić information content (AvgIpc) is 3.07. The summed E-state index contributed by atoms with van der Waals surface area (Å²) >= 11 is 0. The Balaban J connectivity index is -0.000000576. The van der Waals surface area contributed by atoms with E-state index >= 15 is 0 Å². The third-order valence-electron chi connectivity index (χ3n) is 9.02. The molecule has 3 rings (SSSR count). The molecule has 3 fully saturated rings. The maximum absolute atomic E-state index is 11.8. The van der Waals surface area contributed by atoms with E-state index in [0.29, 0.717) is 0 Å². The molecule has 0 aliphatic carbocycles. The number of carbonyl (C=O) groups excluding carboxylic acids is 1. The highest BCUT2D eigenvalue weighted by Gasteiger charge is 2.18. The summed E-state index contributed by atoms with van der Waals surface area (Å²) in [5, 5.41) is 0. The number of amides is 2. The minimum Gasteiger partial charge on any atom is -0.331 e. The largest absolute Gasteiger partial charge is 0.331 e. The van der Waals surface area contributed by atoms with Gasteiger partial charge < -0.3 is 24.5 Å². The standard InChI is InChI=1S/C14H29N3O.2C10H21N.3C2H6/c1-5-17(14(18)15(3)4)10-6-9-16-11-7-13(2)8-12-16;1-9(2)8-11-6-4-10(3)5-7-11;1-3-4-7-11-8-5-10(2)6-9-11;3*1-2/h13H,5-12H2,1-4H3;9-10H,4-8H2,1-3H3;10H,3-9H2,1-2H3;3*1-2H3. The SMILES string of the molecule is CC.CC.CC.CC(C)CN1CCC(C)CC1.CCCCN1CCC(C)CC1.CCN(CCCN1CCC(C)CC1)C(=O)N(C)C. The van der Waals surface area contributed by atoms with Crippen LogP contribution in [-0.2, 0) is 0 Å². The number of piperidine rings is 3. The number of rotatable bonds is 10. The monoisotopic (exact) mass is 656 g/mol. The van der Waals surface area contributed by atoms with Gasteiger partial charge in [0.25, 0.3) is 0 Å². The Morgan fingerprint density at radius 1 is 0.630 bits per heavy atom. The summed E-state index contributed by atoms with van der Waals surface area (Å²) < 4.78 is 0. The minimum atomic E-state index is 0.129. The van der Waals surface area contributed by atoms with E-state index in [1.54, 1.807) is 4.90 Å². The van der Waals surface area contributed by atoms with E-state index in [1.165, 1.54) is 104 Å². The van der Waals surface area contributed by atoms with E-state index in [0.717, 1.165) is 49.7 Å². The van der Waals surface area contributed by atoms with Crippen LogP contribution >= 0.6 is 0 Å². The first-order valence-electron chi connectivity index (χ1n) is 20.2. The van der Waals surface area contributed by atoms with Crippen LogP contribution in [0.3, 0.4) is 0 Å². The molecule has 0 saturated carbocycles. The molecule has 6 nitrogen and oxygen atoms in total. The normalized spacial score (nSPS) is 18.2. The van der Waals surface area contributed by atoms with Gasteiger partial charge in [0.05, 0.1) is 0 Å². The lowest BCUT2D eigenvalue weighted by molar-refractivity contribution is 0.160. The molecule has 0 atom stereocenters. The second-order valence-electron chi connectivity index (χ2n) is 13.9. The van der Waals surface area contributed by atoms with Crippen molar-refractivity contribution in [3.05, 3.63) is 0 Å². The molecule has 0 spiro atoms. The third-order valence-corrected chi connectivity index (χ3v) is 9.02. The Morgan fingerprint density at radius 3 is 1.28 bits per heavy atom. The van der Waals surface area contributed by atoms with Gasteiger partial charge in [0, 0.05) is 33.7 Å². The van der Waals surface area contributed by atoms with Crippen molar-refractivity contribution in [3.63, 3.8) is 0 Å². The third kappa shape index (κ3) is 27.1. The van der Waals surface area contributed by atoms with Gasteiger partial charge in [0.15, 0.2) is 0 Å². The van der Waals surface area contributed by atoms with Crippen molar-refractivity contribution in [3.8, 4) is 0 Å². The highest BCUT2D eigenvalue weighted by Crippen LogP contribution is 2.18. The topological polar surface area (TPSA) is 33.3 Å². The Hall–Kier alpha value is -0.850. The number of likely N-dealkylation sites (tertiary alicyclic amines) is 3. The Bertz CT molecular complexity index is 602. The second kappa shape index (κ2) is 34.0. The minimum absolute atomic E-state index is 0.129. The van der Waals surface area contributed by atoms with Gasteiger partial charge >= 0.3 is 6.03 Å². The van der Waals surface area contributed by atoms with Crippen molar-refractivity contribution in [2.45, 2.75) is 148 Å². The predicted octanol–water partition coefficient (Wildman–Crippen LogP) is 10.1. The molecule has 3 saturated heterocycles. The highest BCUT2D eigenvalue weighted by atomic mass is 16.2. The zero-order valence-electron chi connectivity index (χ0n) is 34.6. The van der Waals surface area contributed by atoms with E-state index in [2.05, 4.69) is 56.2 Å². The van der Waals surface area contributed by atoms with Gasteiger partial charge in [-0.2, -0.15) is 0 Å². The van der Waals surface area contributed by atoms with Gasteiger partial charge in [0.2, 0.25) is 0 Å². The lowest BCUT2D eigenvalue weighted by atomic mass is 9.98. The molecule has 0 N–H and O–H groups in total. The van der Waals surface area contributed by atoms with Crippen molar-refractivity contribution >= 4 is 6.03 Å². The molecule has 6 heteroatoms. The van der Waals surface area contributed by atoms with Crippen LogP contribution < -0.4 is 0 Å². The lowest BCUT2D eigenvalue weighted by Gasteiger charge is -2.31. The lowest BCUT2D eigenvalue weighted by Crippen LogP contribution is -2.41. The summed E-state index contributed by atoms with van der Waals surface area (Å²) in [6.07, 6.45) is 12.1.